The van der Waals surface area contributed by atoms with Gasteiger partial charge in [-0.1, -0.05) is 52.0 Å². The van der Waals surface area contributed by atoms with E-state index in [1.807, 2.05) is 11.8 Å². The fourth-order valence-electron chi connectivity index (χ4n) is 1.44. The van der Waals surface area contributed by atoms with Crippen molar-refractivity contribution >= 4 is 11.8 Å². The van der Waals surface area contributed by atoms with Crippen LogP contribution in [0.15, 0.2) is 24.3 Å². The van der Waals surface area contributed by atoms with E-state index in [9.17, 15) is 0 Å². The number of rotatable bonds is 4. The van der Waals surface area contributed by atoms with Crippen LogP contribution in [-0.4, -0.2) is 10.5 Å². The molecule has 0 bridgehead atoms. The lowest BCUT2D eigenvalue weighted by Crippen LogP contribution is -2.18. The van der Waals surface area contributed by atoms with Crippen molar-refractivity contribution in [1.29, 1.82) is 0 Å². The molecule has 0 aliphatic rings. The highest BCUT2D eigenvalue weighted by Gasteiger charge is 2.14. The Hall–Kier alpha value is -0.470. The highest BCUT2D eigenvalue weighted by atomic mass is 32.2. The number of hydrogen-bond acceptors (Lipinski definition) is 2. The van der Waals surface area contributed by atoms with E-state index in [0.717, 1.165) is 12.2 Å². The summed E-state index contributed by atoms with van der Waals surface area (Å²) in [5.74, 6) is 0.981. The number of thioether (sulfide) groups is 1. The van der Waals surface area contributed by atoms with Gasteiger partial charge in [-0.15, -0.1) is 0 Å². The fraction of sp³-hybridized carbons (Fsp3) is 0.571. The van der Waals surface area contributed by atoms with Gasteiger partial charge in [0, 0.05) is 16.5 Å². The van der Waals surface area contributed by atoms with Gasteiger partial charge in [0.2, 0.25) is 0 Å². The van der Waals surface area contributed by atoms with E-state index in [1.54, 1.807) is 0 Å². The predicted molar refractivity (Wildman–Crippen MR) is 75.0 cm³/mol. The monoisotopic (exact) mass is 237 g/mol. The van der Waals surface area contributed by atoms with E-state index < -0.39 is 0 Å². The minimum absolute atomic E-state index is 0.148. The molecule has 0 saturated carbocycles. The summed E-state index contributed by atoms with van der Waals surface area (Å²) in [6, 6.07) is 8.82. The zero-order chi connectivity index (χ0) is 12.2. The molecule has 2 N–H and O–H groups in total. The fourth-order valence-corrected chi connectivity index (χ4v) is 2.31. The molecular weight excluding hydrogens is 214 g/mol. The van der Waals surface area contributed by atoms with Crippen LogP contribution in [0.2, 0.25) is 0 Å². The summed E-state index contributed by atoms with van der Waals surface area (Å²) >= 11 is 1.92. The van der Waals surface area contributed by atoms with E-state index in [-0.39, 0.29) is 6.04 Å². The molecule has 0 aliphatic carbocycles. The van der Waals surface area contributed by atoms with Crippen LogP contribution < -0.4 is 5.73 Å². The molecule has 1 nitrogen and oxygen atoms in total. The maximum absolute atomic E-state index is 6.17. The first-order valence-corrected chi connectivity index (χ1v) is 6.89. The Kier molecular flexibility index (Phi) is 4.88. The van der Waals surface area contributed by atoms with Crippen molar-refractivity contribution < 1.29 is 0 Å². The largest absolute Gasteiger partial charge is 0.323 e. The van der Waals surface area contributed by atoms with Crippen molar-refractivity contribution in [2.24, 2.45) is 5.73 Å². The average Bonchev–Trinajstić information content (AvgIpc) is 2.25. The summed E-state index contributed by atoms with van der Waals surface area (Å²) in [5, 5.41) is 0. The van der Waals surface area contributed by atoms with Gasteiger partial charge in [0.25, 0.3) is 0 Å². The molecule has 0 spiro atoms. The molecule has 1 atom stereocenters. The van der Waals surface area contributed by atoms with Crippen molar-refractivity contribution in [2.45, 2.75) is 44.9 Å². The molecular formula is C14H23NS. The molecule has 0 radical (unpaired) electrons. The normalized spacial score (nSPS) is 13.8. The summed E-state index contributed by atoms with van der Waals surface area (Å²) in [5.41, 5.74) is 8.79. The molecule has 0 aromatic heterocycles. The molecule has 0 fully saturated rings. The van der Waals surface area contributed by atoms with Crippen molar-refractivity contribution in [1.82, 2.24) is 0 Å². The summed E-state index contributed by atoms with van der Waals surface area (Å²) in [7, 11) is 0. The molecule has 2 heteroatoms. The Labute approximate surface area is 104 Å². The highest BCUT2D eigenvalue weighted by Crippen LogP contribution is 2.27. The van der Waals surface area contributed by atoms with Gasteiger partial charge in [0.15, 0.2) is 0 Å². The molecule has 90 valence electrons. The minimum Gasteiger partial charge on any atom is -0.323 e. The van der Waals surface area contributed by atoms with Gasteiger partial charge in [-0.05, 0) is 17.5 Å². The Morgan fingerprint density at radius 1 is 1.19 bits per heavy atom. The zero-order valence-electron chi connectivity index (χ0n) is 10.8. The third kappa shape index (κ3) is 4.58. The summed E-state index contributed by atoms with van der Waals surface area (Å²) in [6.45, 7) is 8.85. The molecule has 0 aliphatic heterocycles. The Bertz CT molecular complexity index is 311. The molecule has 1 rings (SSSR count). The first kappa shape index (κ1) is 13.6. The SMILES string of the molecule is CCc1ccc(C(N)CSC(C)(C)C)cc1. The van der Waals surface area contributed by atoms with Crippen molar-refractivity contribution in [2.75, 3.05) is 5.75 Å². The third-order valence-electron chi connectivity index (χ3n) is 2.51. The number of aryl methyl sites for hydroxylation is 1. The second-order valence-electron chi connectivity index (χ2n) is 5.13. The van der Waals surface area contributed by atoms with Gasteiger partial charge in [0.05, 0.1) is 0 Å². The molecule has 16 heavy (non-hydrogen) atoms. The number of benzene rings is 1. The first-order chi connectivity index (χ1) is 7.42. The van der Waals surface area contributed by atoms with Crippen molar-refractivity contribution in [3.05, 3.63) is 35.4 Å². The molecule has 0 heterocycles. The topological polar surface area (TPSA) is 26.0 Å². The van der Waals surface area contributed by atoms with Gasteiger partial charge in [-0.25, -0.2) is 0 Å². The van der Waals surface area contributed by atoms with Crippen LogP contribution in [0.25, 0.3) is 0 Å². The van der Waals surface area contributed by atoms with Gasteiger partial charge in [-0.2, -0.15) is 11.8 Å². The van der Waals surface area contributed by atoms with E-state index in [2.05, 4.69) is 52.0 Å². The highest BCUT2D eigenvalue weighted by molar-refractivity contribution is 8.00. The van der Waals surface area contributed by atoms with Crippen LogP contribution in [0.4, 0.5) is 0 Å². The minimum atomic E-state index is 0.148. The maximum Gasteiger partial charge on any atom is 0.0387 e. The van der Waals surface area contributed by atoms with E-state index in [1.165, 1.54) is 11.1 Å². The van der Waals surface area contributed by atoms with Gasteiger partial charge >= 0.3 is 0 Å². The lowest BCUT2D eigenvalue weighted by molar-refractivity contribution is 0.779. The van der Waals surface area contributed by atoms with Crippen molar-refractivity contribution in [3.63, 3.8) is 0 Å². The molecule has 0 saturated heterocycles. The molecule has 0 amide bonds. The molecule has 1 aromatic rings. The Morgan fingerprint density at radius 3 is 2.19 bits per heavy atom. The first-order valence-electron chi connectivity index (χ1n) is 5.91. The van der Waals surface area contributed by atoms with Crippen LogP contribution in [0.1, 0.15) is 44.9 Å². The predicted octanol–water partition coefficient (Wildman–Crippen LogP) is 3.78. The summed E-state index contributed by atoms with van der Waals surface area (Å²) < 4.78 is 0.293. The second kappa shape index (κ2) is 5.74. The van der Waals surface area contributed by atoms with Crippen LogP contribution in [0, 0.1) is 0 Å². The Morgan fingerprint density at radius 2 is 1.75 bits per heavy atom. The lowest BCUT2D eigenvalue weighted by atomic mass is 10.1. The standard InChI is InChI=1S/C14H23NS/c1-5-11-6-8-12(9-7-11)13(15)10-16-14(2,3)4/h6-9,13H,5,10,15H2,1-4H3. The molecule has 1 aromatic carbocycles. The lowest BCUT2D eigenvalue weighted by Gasteiger charge is -2.20. The van der Waals surface area contributed by atoms with E-state index in [4.69, 9.17) is 5.73 Å². The summed E-state index contributed by atoms with van der Waals surface area (Å²) in [6.07, 6.45) is 1.09. The molecule has 1 unspecified atom stereocenters. The maximum atomic E-state index is 6.17. The van der Waals surface area contributed by atoms with Gasteiger partial charge in [0.1, 0.15) is 0 Å². The van der Waals surface area contributed by atoms with Crippen LogP contribution in [0.3, 0.4) is 0 Å². The van der Waals surface area contributed by atoms with E-state index >= 15 is 0 Å². The van der Waals surface area contributed by atoms with Crippen LogP contribution in [0.5, 0.6) is 0 Å². The van der Waals surface area contributed by atoms with Gasteiger partial charge in [-0.3, -0.25) is 0 Å². The van der Waals surface area contributed by atoms with E-state index in [0.29, 0.717) is 4.75 Å². The second-order valence-corrected chi connectivity index (χ2v) is 6.97. The van der Waals surface area contributed by atoms with Crippen LogP contribution >= 0.6 is 11.8 Å². The Balaban J connectivity index is 2.56. The number of nitrogens with two attached hydrogens (primary N) is 1. The zero-order valence-corrected chi connectivity index (χ0v) is 11.6. The van der Waals surface area contributed by atoms with Gasteiger partial charge < -0.3 is 5.73 Å². The smallest absolute Gasteiger partial charge is 0.0387 e. The average molecular weight is 237 g/mol. The van der Waals surface area contributed by atoms with Crippen LogP contribution in [-0.2, 0) is 6.42 Å². The van der Waals surface area contributed by atoms with Crippen molar-refractivity contribution in [3.8, 4) is 0 Å². The summed E-state index contributed by atoms with van der Waals surface area (Å²) in [4.78, 5) is 0. The number of hydrogen-bond donors (Lipinski definition) is 1. The quantitative estimate of drug-likeness (QED) is 0.862. The third-order valence-corrected chi connectivity index (χ3v) is 3.90.